The van der Waals surface area contributed by atoms with E-state index in [-0.39, 0.29) is 11.7 Å². The van der Waals surface area contributed by atoms with E-state index in [1.54, 1.807) is 6.92 Å². The van der Waals surface area contributed by atoms with Crippen LogP contribution in [0.4, 0.5) is 4.39 Å². The van der Waals surface area contributed by atoms with Crippen molar-refractivity contribution in [3.63, 3.8) is 0 Å². The molecule has 3 rings (SSSR count). The van der Waals surface area contributed by atoms with Gasteiger partial charge in [0.15, 0.2) is 0 Å². The van der Waals surface area contributed by atoms with Gasteiger partial charge in [-0.1, -0.05) is 86.8 Å². The Morgan fingerprint density at radius 2 is 1.41 bits per heavy atom. The zero-order valence-corrected chi connectivity index (χ0v) is 21.2. The van der Waals surface area contributed by atoms with Gasteiger partial charge >= 0.3 is 0 Å². The molecule has 0 bridgehead atoms. The van der Waals surface area contributed by atoms with E-state index in [2.05, 4.69) is 42.8 Å². The third-order valence-corrected chi connectivity index (χ3v) is 5.17. The molecule has 1 fully saturated rings. The van der Waals surface area contributed by atoms with E-state index in [1.807, 2.05) is 65.8 Å². The molecule has 1 heteroatoms. The van der Waals surface area contributed by atoms with Crippen molar-refractivity contribution in [3.05, 3.63) is 81.2 Å². The van der Waals surface area contributed by atoms with Gasteiger partial charge < -0.3 is 0 Å². The summed E-state index contributed by atoms with van der Waals surface area (Å²) in [6.07, 6.45) is 8.30. The van der Waals surface area contributed by atoms with Crippen molar-refractivity contribution in [2.45, 2.75) is 81.1 Å². The molecule has 0 radical (unpaired) electrons. The van der Waals surface area contributed by atoms with Gasteiger partial charge in [-0.25, -0.2) is 4.39 Å². The van der Waals surface area contributed by atoms with Crippen molar-refractivity contribution >= 4 is 0 Å². The minimum absolute atomic E-state index is 0.192. The van der Waals surface area contributed by atoms with Crippen LogP contribution in [0.25, 0.3) is 0 Å². The van der Waals surface area contributed by atoms with Gasteiger partial charge in [-0.3, -0.25) is 0 Å². The second-order valence-corrected chi connectivity index (χ2v) is 7.82. The SMILES string of the molecule is CC.CC.CC1=CC=C(C#C/C(C)=C(/C(F)=C(\C)C#Cc2ccc(C)cc2)C2CC2)CC1. The highest BCUT2D eigenvalue weighted by Gasteiger charge is 2.30. The van der Waals surface area contributed by atoms with Crippen LogP contribution in [0.3, 0.4) is 0 Å². The Balaban J connectivity index is 0.00000121. The fourth-order valence-electron chi connectivity index (χ4n) is 3.17. The Morgan fingerprint density at radius 1 is 0.812 bits per heavy atom. The number of allylic oxidation sites excluding steroid dienone is 8. The van der Waals surface area contributed by atoms with E-state index in [4.69, 9.17) is 0 Å². The standard InChI is InChI=1S/C27H27F.2C2H6/c1-19-5-11-23(12-6-19)15-9-21(3)26(25-17-18-25)27(28)22(4)10-16-24-13-7-20(2)8-14-24;2*1-2/h5,7-8,11,13-14,25H,6,12,17-18H2,1-4H3;2*1-2H3/b26-21+,27-22-;;. The Kier molecular flexibility index (Phi) is 12.2. The summed E-state index contributed by atoms with van der Waals surface area (Å²) in [5.41, 5.74) is 6.68. The maximum Gasteiger partial charge on any atom is 0.138 e. The van der Waals surface area contributed by atoms with Crippen molar-refractivity contribution in [2.24, 2.45) is 5.92 Å². The van der Waals surface area contributed by atoms with E-state index in [9.17, 15) is 0 Å². The first-order chi connectivity index (χ1) is 15.4. The highest BCUT2D eigenvalue weighted by atomic mass is 19.1. The van der Waals surface area contributed by atoms with E-state index >= 15 is 4.39 Å². The molecule has 0 unspecified atom stereocenters. The molecule has 1 saturated carbocycles. The molecule has 1 aromatic carbocycles. The van der Waals surface area contributed by atoms with Crippen LogP contribution in [0.1, 0.15) is 85.3 Å². The Labute approximate surface area is 196 Å². The Hall–Kier alpha value is -2.77. The van der Waals surface area contributed by atoms with Crippen molar-refractivity contribution in [1.29, 1.82) is 0 Å². The van der Waals surface area contributed by atoms with Crippen molar-refractivity contribution in [2.75, 3.05) is 0 Å². The highest BCUT2D eigenvalue weighted by molar-refractivity contribution is 5.51. The molecular weight excluding hydrogens is 391 g/mol. The lowest BCUT2D eigenvalue weighted by Crippen LogP contribution is -1.95. The Bertz CT molecular complexity index is 998. The van der Waals surface area contributed by atoms with Crippen LogP contribution in [0, 0.1) is 36.5 Å². The van der Waals surface area contributed by atoms with Crippen LogP contribution in [0.5, 0.6) is 0 Å². The molecule has 0 amide bonds. The van der Waals surface area contributed by atoms with Crippen LogP contribution in [0.15, 0.2) is 70.1 Å². The zero-order valence-electron chi connectivity index (χ0n) is 21.2. The maximum atomic E-state index is 15.2. The molecule has 0 saturated heterocycles. The van der Waals surface area contributed by atoms with E-state index in [0.717, 1.165) is 48.0 Å². The van der Waals surface area contributed by atoms with Crippen molar-refractivity contribution in [3.8, 4) is 23.7 Å². The third kappa shape index (κ3) is 8.77. The summed E-state index contributed by atoms with van der Waals surface area (Å²) in [5.74, 6) is 12.6. The molecule has 0 N–H and O–H groups in total. The van der Waals surface area contributed by atoms with Crippen LogP contribution < -0.4 is 0 Å². The largest absolute Gasteiger partial charge is 0.206 e. The van der Waals surface area contributed by atoms with Gasteiger partial charge in [0.2, 0.25) is 0 Å². The average Bonchev–Trinajstić information content (AvgIpc) is 3.66. The van der Waals surface area contributed by atoms with Gasteiger partial charge in [-0.15, -0.1) is 0 Å². The van der Waals surface area contributed by atoms with Crippen LogP contribution in [-0.4, -0.2) is 0 Å². The van der Waals surface area contributed by atoms with E-state index in [0.29, 0.717) is 5.57 Å². The third-order valence-electron chi connectivity index (χ3n) is 5.17. The van der Waals surface area contributed by atoms with Gasteiger partial charge in [0.1, 0.15) is 5.83 Å². The normalized spacial score (nSPS) is 15.9. The van der Waals surface area contributed by atoms with Gasteiger partial charge in [-0.2, -0.15) is 0 Å². The average molecular weight is 431 g/mol. The maximum absolute atomic E-state index is 15.2. The molecule has 0 aliphatic heterocycles. The van der Waals surface area contributed by atoms with E-state index in [1.165, 1.54) is 11.1 Å². The van der Waals surface area contributed by atoms with Crippen molar-refractivity contribution < 1.29 is 4.39 Å². The topological polar surface area (TPSA) is 0 Å². The molecule has 0 nitrogen and oxygen atoms in total. The smallest absolute Gasteiger partial charge is 0.138 e. The molecule has 2 aliphatic rings. The summed E-state index contributed by atoms with van der Waals surface area (Å²) in [6, 6.07) is 7.97. The number of hydrogen-bond acceptors (Lipinski definition) is 0. The molecule has 0 atom stereocenters. The van der Waals surface area contributed by atoms with Crippen LogP contribution in [0.2, 0.25) is 0 Å². The summed E-state index contributed by atoms with van der Waals surface area (Å²) in [7, 11) is 0. The van der Waals surface area contributed by atoms with Crippen molar-refractivity contribution in [1.82, 2.24) is 0 Å². The quantitative estimate of drug-likeness (QED) is 0.324. The first kappa shape index (κ1) is 27.3. The van der Waals surface area contributed by atoms with Gasteiger partial charge in [0.25, 0.3) is 0 Å². The van der Waals surface area contributed by atoms with Gasteiger partial charge in [-0.05, 0) is 71.4 Å². The molecule has 1 aromatic rings. The van der Waals surface area contributed by atoms with Crippen LogP contribution >= 0.6 is 0 Å². The number of aryl methyl sites for hydroxylation is 1. The lowest BCUT2D eigenvalue weighted by Gasteiger charge is -2.08. The molecule has 2 aliphatic carbocycles. The Morgan fingerprint density at radius 3 is 1.94 bits per heavy atom. The monoisotopic (exact) mass is 430 g/mol. The second kappa shape index (κ2) is 14.3. The molecular formula is C31H39F. The molecule has 0 spiro atoms. The predicted molar refractivity (Wildman–Crippen MR) is 139 cm³/mol. The minimum Gasteiger partial charge on any atom is -0.206 e. The molecule has 32 heavy (non-hydrogen) atoms. The summed E-state index contributed by atoms with van der Waals surface area (Å²) >= 11 is 0. The fourth-order valence-corrected chi connectivity index (χ4v) is 3.17. The number of benzene rings is 1. The summed E-state index contributed by atoms with van der Waals surface area (Å²) in [4.78, 5) is 0. The zero-order chi connectivity index (χ0) is 24.1. The van der Waals surface area contributed by atoms with E-state index < -0.39 is 0 Å². The highest BCUT2D eigenvalue weighted by Crippen LogP contribution is 2.42. The lowest BCUT2D eigenvalue weighted by molar-refractivity contribution is 0.625. The van der Waals surface area contributed by atoms with Gasteiger partial charge in [0, 0.05) is 27.9 Å². The van der Waals surface area contributed by atoms with Gasteiger partial charge in [0.05, 0.1) is 0 Å². The first-order valence-corrected chi connectivity index (χ1v) is 12.0. The summed E-state index contributed by atoms with van der Waals surface area (Å²) in [5, 5.41) is 0. The minimum atomic E-state index is -0.192. The second-order valence-electron chi connectivity index (χ2n) is 7.82. The summed E-state index contributed by atoms with van der Waals surface area (Å²) in [6.45, 7) is 15.9. The number of rotatable bonds is 2. The molecule has 0 aromatic heterocycles. The fraction of sp³-hybridized carbons (Fsp3) is 0.419. The van der Waals surface area contributed by atoms with Crippen LogP contribution in [-0.2, 0) is 0 Å². The lowest BCUT2D eigenvalue weighted by atomic mass is 9.98. The molecule has 0 heterocycles. The number of hydrogen-bond donors (Lipinski definition) is 0. The molecule has 170 valence electrons. The summed E-state index contributed by atoms with van der Waals surface area (Å²) < 4.78 is 15.2. The predicted octanol–water partition coefficient (Wildman–Crippen LogP) is 9.04. The number of halogens is 1. The first-order valence-electron chi connectivity index (χ1n) is 12.0.